The number of benzene rings is 2. The number of hydrogen-bond acceptors (Lipinski definition) is 5. The van der Waals surface area contributed by atoms with Gasteiger partial charge in [0.2, 0.25) is 10.0 Å². The van der Waals surface area contributed by atoms with Crippen LogP contribution in [0.3, 0.4) is 0 Å². The summed E-state index contributed by atoms with van der Waals surface area (Å²) in [6, 6.07) is 11.9. The molecule has 0 unspecified atom stereocenters. The number of sulfonamides is 1. The maximum atomic E-state index is 12.7. The van der Waals surface area contributed by atoms with Gasteiger partial charge in [-0.05, 0) is 30.2 Å². The van der Waals surface area contributed by atoms with E-state index in [9.17, 15) is 18.5 Å². The monoisotopic (exact) mass is 375 g/mol. The predicted octanol–water partition coefficient (Wildman–Crippen LogP) is 3.32. The van der Waals surface area contributed by atoms with E-state index in [1.807, 2.05) is 29.2 Å². The van der Waals surface area contributed by atoms with Crippen LogP contribution in [0.5, 0.6) is 0 Å². The summed E-state index contributed by atoms with van der Waals surface area (Å²) in [5.41, 5.74) is 2.27. The molecule has 0 bridgehead atoms. The summed E-state index contributed by atoms with van der Waals surface area (Å²) in [6.45, 7) is 4.74. The summed E-state index contributed by atoms with van der Waals surface area (Å²) in [5.74, 6) is 0. The second-order valence-electron chi connectivity index (χ2n) is 6.03. The highest BCUT2D eigenvalue weighted by Gasteiger charge is 2.30. The first-order chi connectivity index (χ1) is 12.4. The van der Waals surface area contributed by atoms with Crippen molar-refractivity contribution in [2.45, 2.75) is 25.2 Å². The van der Waals surface area contributed by atoms with Gasteiger partial charge >= 0.3 is 0 Å². The third kappa shape index (κ3) is 3.06. The minimum atomic E-state index is -3.75. The lowest BCUT2D eigenvalue weighted by molar-refractivity contribution is -0.384. The Kier molecular flexibility index (Phi) is 4.97. The molecule has 0 N–H and O–H groups in total. The Bertz CT molecular complexity index is 939. The first kappa shape index (κ1) is 18.3. The minimum absolute atomic E-state index is 0.0517. The van der Waals surface area contributed by atoms with E-state index in [4.69, 9.17) is 0 Å². The van der Waals surface area contributed by atoms with Crippen LogP contribution in [0.2, 0.25) is 0 Å². The average molecular weight is 375 g/mol. The third-order valence-electron chi connectivity index (χ3n) is 4.66. The van der Waals surface area contributed by atoms with Crippen LogP contribution >= 0.6 is 0 Å². The van der Waals surface area contributed by atoms with Crippen LogP contribution in [-0.4, -0.2) is 37.3 Å². The van der Waals surface area contributed by atoms with Crippen molar-refractivity contribution in [1.82, 2.24) is 4.31 Å². The van der Waals surface area contributed by atoms with Gasteiger partial charge in [-0.3, -0.25) is 10.1 Å². The third-order valence-corrected chi connectivity index (χ3v) is 6.71. The van der Waals surface area contributed by atoms with Crippen molar-refractivity contribution < 1.29 is 13.3 Å². The molecule has 7 nitrogen and oxygen atoms in total. The number of fused-ring (bicyclic) bond motifs is 1. The van der Waals surface area contributed by atoms with Crippen molar-refractivity contribution in [2.24, 2.45) is 0 Å². The van der Waals surface area contributed by atoms with Gasteiger partial charge < -0.3 is 4.90 Å². The fourth-order valence-electron chi connectivity index (χ4n) is 3.34. The SMILES string of the molecule is CCN(CC)S(=O)(=O)c1ccc(N2CCc3ccccc32)c([N+](=O)[O-])c1. The lowest BCUT2D eigenvalue weighted by Gasteiger charge is -2.21. The molecular formula is C18H21N3O4S. The van der Waals surface area contributed by atoms with E-state index in [-0.39, 0.29) is 10.6 Å². The van der Waals surface area contributed by atoms with Crippen LogP contribution in [-0.2, 0) is 16.4 Å². The number of nitro benzene ring substituents is 1. The molecule has 0 amide bonds. The zero-order valence-corrected chi connectivity index (χ0v) is 15.6. The van der Waals surface area contributed by atoms with Crippen LogP contribution in [0.15, 0.2) is 47.4 Å². The molecule has 2 aromatic rings. The van der Waals surface area contributed by atoms with Crippen molar-refractivity contribution in [2.75, 3.05) is 24.5 Å². The highest BCUT2D eigenvalue weighted by molar-refractivity contribution is 7.89. The summed E-state index contributed by atoms with van der Waals surface area (Å²) in [7, 11) is -3.75. The van der Waals surface area contributed by atoms with Crippen molar-refractivity contribution in [3.8, 4) is 0 Å². The molecule has 1 heterocycles. The summed E-state index contributed by atoms with van der Waals surface area (Å²) < 4.78 is 26.7. The molecule has 0 aliphatic carbocycles. The van der Waals surface area contributed by atoms with Gasteiger partial charge in [-0.1, -0.05) is 32.0 Å². The topological polar surface area (TPSA) is 83.8 Å². The summed E-state index contributed by atoms with van der Waals surface area (Å²) in [6.07, 6.45) is 0.798. The van der Waals surface area contributed by atoms with Gasteiger partial charge in [-0.25, -0.2) is 8.42 Å². The quantitative estimate of drug-likeness (QED) is 0.571. The Morgan fingerprint density at radius 1 is 1.12 bits per heavy atom. The van der Waals surface area contributed by atoms with Crippen molar-refractivity contribution in [3.63, 3.8) is 0 Å². The molecular weight excluding hydrogens is 354 g/mol. The van der Waals surface area contributed by atoms with Crippen molar-refractivity contribution in [1.29, 1.82) is 0 Å². The normalized spacial score (nSPS) is 13.9. The molecule has 0 radical (unpaired) electrons. The number of hydrogen-bond donors (Lipinski definition) is 0. The van der Waals surface area contributed by atoms with Crippen LogP contribution in [0, 0.1) is 10.1 Å². The standard InChI is InChI=1S/C18H21N3O4S/c1-3-19(4-2)26(24,25)15-9-10-17(18(13-15)21(22)23)20-12-11-14-7-5-6-8-16(14)20/h5-10,13H,3-4,11-12H2,1-2H3. The Balaban J connectivity index is 2.09. The Labute approximate surface area is 153 Å². The summed E-state index contributed by atoms with van der Waals surface area (Å²) >= 11 is 0. The number of anilines is 2. The maximum absolute atomic E-state index is 12.7. The molecule has 0 saturated heterocycles. The molecule has 3 rings (SSSR count). The fourth-order valence-corrected chi connectivity index (χ4v) is 4.82. The summed E-state index contributed by atoms with van der Waals surface area (Å²) in [4.78, 5) is 13.0. The molecule has 0 atom stereocenters. The molecule has 0 spiro atoms. The predicted molar refractivity (Wildman–Crippen MR) is 100 cm³/mol. The van der Waals surface area contributed by atoms with E-state index in [2.05, 4.69) is 0 Å². The van der Waals surface area contributed by atoms with Gasteiger partial charge in [0.15, 0.2) is 0 Å². The Morgan fingerprint density at radius 2 is 1.81 bits per heavy atom. The molecule has 26 heavy (non-hydrogen) atoms. The second-order valence-corrected chi connectivity index (χ2v) is 7.97. The van der Waals surface area contributed by atoms with Crippen LogP contribution < -0.4 is 4.90 Å². The highest BCUT2D eigenvalue weighted by Crippen LogP contribution is 2.40. The maximum Gasteiger partial charge on any atom is 0.294 e. The number of nitro groups is 1. The number of nitrogens with zero attached hydrogens (tertiary/aromatic N) is 3. The minimum Gasteiger partial charge on any atom is -0.335 e. The lowest BCUT2D eigenvalue weighted by Crippen LogP contribution is -2.30. The van der Waals surface area contributed by atoms with Gasteiger partial charge in [0.1, 0.15) is 5.69 Å². The first-order valence-corrected chi connectivity index (χ1v) is 9.98. The largest absolute Gasteiger partial charge is 0.335 e. The van der Waals surface area contributed by atoms with E-state index in [0.29, 0.717) is 25.3 Å². The van der Waals surface area contributed by atoms with Crippen LogP contribution in [0.4, 0.5) is 17.1 Å². The van der Waals surface area contributed by atoms with Gasteiger partial charge in [-0.15, -0.1) is 0 Å². The summed E-state index contributed by atoms with van der Waals surface area (Å²) in [5, 5.41) is 11.6. The highest BCUT2D eigenvalue weighted by atomic mass is 32.2. The zero-order valence-electron chi connectivity index (χ0n) is 14.8. The number of para-hydroxylation sites is 1. The van der Waals surface area contributed by atoms with Gasteiger partial charge in [-0.2, -0.15) is 4.31 Å². The van der Waals surface area contributed by atoms with E-state index in [0.717, 1.165) is 17.7 Å². The van der Waals surface area contributed by atoms with Gasteiger partial charge in [0, 0.05) is 31.4 Å². The van der Waals surface area contributed by atoms with Crippen LogP contribution in [0.25, 0.3) is 0 Å². The molecule has 138 valence electrons. The van der Waals surface area contributed by atoms with E-state index in [1.54, 1.807) is 13.8 Å². The molecule has 0 fully saturated rings. The smallest absolute Gasteiger partial charge is 0.294 e. The Morgan fingerprint density at radius 3 is 2.46 bits per heavy atom. The van der Waals surface area contributed by atoms with Gasteiger partial charge in [0.25, 0.3) is 5.69 Å². The van der Waals surface area contributed by atoms with E-state index in [1.165, 1.54) is 22.5 Å². The van der Waals surface area contributed by atoms with E-state index >= 15 is 0 Å². The average Bonchev–Trinajstić information content (AvgIpc) is 3.06. The molecule has 1 aliphatic heterocycles. The molecule has 0 aromatic heterocycles. The van der Waals surface area contributed by atoms with Crippen molar-refractivity contribution >= 4 is 27.1 Å². The zero-order chi connectivity index (χ0) is 18.9. The molecule has 2 aromatic carbocycles. The lowest BCUT2D eigenvalue weighted by atomic mass is 10.2. The fraction of sp³-hybridized carbons (Fsp3) is 0.333. The van der Waals surface area contributed by atoms with E-state index < -0.39 is 14.9 Å². The van der Waals surface area contributed by atoms with Crippen LogP contribution in [0.1, 0.15) is 19.4 Å². The number of rotatable bonds is 6. The molecule has 8 heteroatoms. The van der Waals surface area contributed by atoms with Crippen molar-refractivity contribution in [3.05, 3.63) is 58.1 Å². The molecule has 0 saturated carbocycles. The first-order valence-electron chi connectivity index (χ1n) is 8.54. The second kappa shape index (κ2) is 7.05. The Hall–Kier alpha value is -2.45. The molecule has 1 aliphatic rings. The van der Waals surface area contributed by atoms with Gasteiger partial charge in [0.05, 0.1) is 9.82 Å².